The highest BCUT2D eigenvalue weighted by molar-refractivity contribution is 7.80. The second kappa shape index (κ2) is 8.84. The molecule has 2 rings (SSSR count). The van der Waals surface area contributed by atoms with E-state index in [1.165, 1.54) is 11.1 Å². The van der Waals surface area contributed by atoms with E-state index in [-0.39, 0.29) is 6.04 Å². The number of hydrogen-bond donors (Lipinski definition) is 2. The Kier molecular flexibility index (Phi) is 6.80. The van der Waals surface area contributed by atoms with E-state index >= 15 is 0 Å². The second-order valence-corrected chi connectivity index (χ2v) is 7.38. The van der Waals surface area contributed by atoms with E-state index in [4.69, 9.17) is 12.2 Å². The van der Waals surface area contributed by atoms with Crippen molar-refractivity contribution in [3.63, 3.8) is 0 Å². The van der Waals surface area contributed by atoms with Crippen molar-refractivity contribution in [2.45, 2.75) is 46.1 Å². The van der Waals surface area contributed by atoms with Crippen molar-refractivity contribution in [3.05, 3.63) is 65.7 Å². The maximum atomic E-state index is 5.53. The third kappa shape index (κ3) is 5.64. The van der Waals surface area contributed by atoms with E-state index in [0.29, 0.717) is 16.9 Å². The topological polar surface area (TPSA) is 24.1 Å². The highest BCUT2D eigenvalue weighted by atomic mass is 32.1. The van der Waals surface area contributed by atoms with Crippen LogP contribution in [-0.4, -0.2) is 5.11 Å². The molecule has 0 amide bonds. The lowest BCUT2D eigenvalue weighted by Crippen LogP contribution is -2.33. The van der Waals surface area contributed by atoms with Crippen LogP contribution in [0.15, 0.2) is 54.6 Å². The Balaban J connectivity index is 2.02. The molecule has 3 heteroatoms. The summed E-state index contributed by atoms with van der Waals surface area (Å²) in [4.78, 5) is 0. The molecule has 0 aromatic heterocycles. The quantitative estimate of drug-likeness (QED) is 0.642. The van der Waals surface area contributed by atoms with Crippen molar-refractivity contribution in [2.75, 3.05) is 5.32 Å². The average Bonchev–Trinajstić information content (AvgIpc) is 2.55. The molecule has 0 radical (unpaired) electrons. The Morgan fingerprint density at radius 2 is 1.50 bits per heavy atom. The van der Waals surface area contributed by atoms with Gasteiger partial charge in [0.05, 0.1) is 6.04 Å². The van der Waals surface area contributed by atoms with Gasteiger partial charge in [0.25, 0.3) is 0 Å². The highest BCUT2D eigenvalue weighted by Gasteiger charge is 2.14. The van der Waals surface area contributed by atoms with Gasteiger partial charge < -0.3 is 10.6 Å². The van der Waals surface area contributed by atoms with Gasteiger partial charge in [-0.15, -0.1) is 0 Å². The Morgan fingerprint density at radius 3 is 2.04 bits per heavy atom. The van der Waals surface area contributed by atoms with Crippen LogP contribution in [0.25, 0.3) is 0 Å². The third-order valence-corrected chi connectivity index (χ3v) is 4.27. The number of anilines is 1. The number of rotatable bonds is 6. The molecule has 0 saturated carbocycles. The molecule has 0 spiro atoms. The van der Waals surface area contributed by atoms with Gasteiger partial charge in [-0.1, -0.05) is 70.2 Å². The largest absolute Gasteiger partial charge is 0.356 e. The summed E-state index contributed by atoms with van der Waals surface area (Å²) >= 11 is 5.53. The fourth-order valence-electron chi connectivity index (χ4n) is 2.71. The lowest BCUT2D eigenvalue weighted by atomic mass is 9.97. The molecule has 2 N–H and O–H groups in total. The fraction of sp³-hybridized carbons (Fsp3) is 0.381. The van der Waals surface area contributed by atoms with Crippen molar-refractivity contribution in [1.82, 2.24) is 5.32 Å². The first kappa shape index (κ1) is 18.5. The van der Waals surface area contributed by atoms with Crippen LogP contribution >= 0.6 is 12.2 Å². The predicted octanol–water partition coefficient (Wildman–Crippen LogP) is 5.88. The van der Waals surface area contributed by atoms with Gasteiger partial charge in [-0.3, -0.25) is 0 Å². The summed E-state index contributed by atoms with van der Waals surface area (Å²) in [5.41, 5.74) is 3.63. The zero-order valence-electron chi connectivity index (χ0n) is 15.0. The summed E-state index contributed by atoms with van der Waals surface area (Å²) in [5.74, 6) is 1.13. The molecule has 0 bridgehead atoms. The van der Waals surface area contributed by atoms with Crippen molar-refractivity contribution in [2.24, 2.45) is 5.92 Å². The number of thiocarbonyl (C=S) groups is 1. The average molecular weight is 341 g/mol. The van der Waals surface area contributed by atoms with Crippen molar-refractivity contribution >= 4 is 23.0 Å². The molecule has 24 heavy (non-hydrogen) atoms. The Hall–Kier alpha value is -1.87. The summed E-state index contributed by atoms with van der Waals surface area (Å²) in [6.07, 6.45) is 1.04. The normalized spacial score (nSPS) is 12.2. The molecule has 0 saturated heterocycles. The lowest BCUT2D eigenvalue weighted by molar-refractivity contribution is 0.481. The summed E-state index contributed by atoms with van der Waals surface area (Å²) in [5, 5.41) is 7.44. The van der Waals surface area contributed by atoms with Gasteiger partial charge in [0.2, 0.25) is 0 Å². The zero-order valence-corrected chi connectivity index (χ0v) is 15.9. The van der Waals surface area contributed by atoms with Crippen LogP contribution in [0.5, 0.6) is 0 Å². The first-order chi connectivity index (χ1) is 11.5. The maximum absolute atomic E-state index is 5.53. The molecule has 2 nitrogen and oxygen atoms in total. The molecule has 0 aliphatic carbocycles. The smallest absolute Gasteiger partial charge is 0.171 e. The van der Waals surface area contributed by atoms with Gasteiger partial charge in [-0.05, 0) is 53.7 Å². The van der Waals surface area contributed by atoms with E-state index < -0.39 is 0 Å². The number of hydrogen-bond acceptors (Lipinski definition) is 1. The molecule has 0 aliphatic heterocycles. The summed E-state index contributed by atoms with van der Waals surface area (Å²) < 4.78 is 0. The van der Waals surface area contributed by atoms with Crippen molar-refractivity contribution in [1.29, 1.82) is 0 Å². The Morgan fingerprint density at radius 1 is 0.875 bits per heavy atom. The molecule has 0 heterocycles. The van der Waals surface area contributed by atoms with Crippen molar-refractivity contribution < 1.29 is 0 Å². The van der Waals surface area contributed by atoms with Crippen LogP contribution in [0.3, 0.4) is 0 Å². The molecule has 2 aromatic carbocycles. The van der Waals surface area contributed by atoms with Crippen LogP contribution in [0.4, 0.5) is 5.69 Å². The van der Waals surface area contributed by atoms with Crippen LogP contribution in [-0.2, 0) is 0 Å². The standard InChI is InChI=1S/C21H28N2S/c1-15(2)14-20(18-8-6-5-7-9-18)23-21(24)22-19-12-10-17(11-13-19)16(3)4/h5-13,15-16,20H,14H2,1-4H3,(H2,22,23,24)/t20-/m1/s1. The number of nitrogens with one attached hydrogen (secondary N) is 2. The number of benzene rings is 2. The van der Waals surface area contributed by atoms with Gasteiger partial charge in [0, 0.05) is 5.69 Å². The van der Waals surface area contributed by atoms with Gasteiger partial charge in [-0.25, -0.2) is 0 Å². The van der Waals surface area contributed by atoms with Gasteiger partial charge in [0.15, 0.2) is 5.11 Å². The Labute approximate surface area is 151 Å². The molecule has 2 aromatic rings. The third-order valence-electron chi connectivity index (χ3n) is 4.05. The molecule has 128 valence electrons. The minimum atomic E-state index is 0.223. The zero-order chi connectivity index (χ0) is 17.5. The van der Waals surface area contributed by atoms with Crippen LogP contribution in [0.1, 0.15) is 57.2 Å². The van der Waals surface area contributed by atoms with Gasteiger partial charge in [-0.2, -0.15) is 0 Å². The monoisotopic (exact) mass is 340 g/mol. The fourth-order valence-corrected chi connectivity index (χ4v) is 2.97. The van der Waals surface area contributed by atoms with E-state index in [9.17, 15) is 0 Å². The molecule has 1 atom stereocenters. The van der Waals surface area contributed by atoms with E-state index in [0.717, 1.165) is 12.1 Å². The Bertz CT molecular complexity index is 633. The molecular weight excluding hydrogens is 312 g/mol. The van der Waals surface area contributed by atoms with Crippen LogP contribution < -0.4 is 10.6 Å². The predicted molar refractivity (Wildman–Crippen MR) is 109 cm³/mol. The summed E-state index contributed by atoms with van der Waals surface area (Å²) in [6.45, 7) is 8.87. The summed E-state index contributed by atoms with van der Waals surface area (Å²) in [7, 11) is 0. The second-order valence-electron chi connectivity index (χ2n) is 6.97. The van der Waals surface area contributed by atoms with E-state index in [1.807, 2.05) is 6.07 Å². The molecular formula is C21H28N2S. The maximum Gasteiger partial charge on any atom is 0.171 e. The minimum absolute atomic E-state index is 0.223. The van der Waals surface area contributed by atoms with Crippen LogP contribution in [0, 0.1) is 5.92 Å². The van der Waals surface area contributed by atoms with Gasteiger partial charge >= 0.3 is 0 Å². The van der Waals surface area contributed by atoms with E-state index in [1.54, 1.807) is 0 Å². The highest BCUT2D eigenvalue weighted by Crippen LogP contribution is 2.22. The van der Waals surface area contributed by atoms with Gasteiger partial charge in [0.1, 0.15) is 0 Å². The SMILES string of the molecule is CC(C)C[C@@H](NC(=S)Nc1ccc(C(C)C)cc1)c1ccccc1. The molecule has 0 fully saturated rings. The summed E-state index contributed by atoms with van der Waals surface area (Å²) in [6, 6.07) is 19.2. The lowest BCUT2D eigenvalue weighted by Gasteiger charge is -2.23. The van der Waals surface area contributed by atoms with Crippen molar-refractivity contribution in [3.8, 4) is 0 Å². The van der Waals surface area contributed by atoms with E-state index in [2.05, 4.69) is 86.9 Å². The first-order valence-corrected chi connectivity index (χ1v) is 9.09. The minimum Gasteiger partial charge on any atom is -0.356 e. The molecule has 0 unspecified atom stereocenters. The van der Waals surface area contributed by atoms with Crippen LogP contribution in [0.2, 0.25) is 0 Å². The first-order valence-electron chi connectivity index (χ1n) is 8.68. The molecule has 0 aliphatic rings.